The molecule has 0 aromatic heterocycles. The van der Waals surface area contributed by atoms with Gasteiger partial charge in [0, 0.05) is 4.91 Å². The van der Waals surface area contributed by atoms with Crippen LogP contribution in [0.2, 0.25) is 0 Å². The molecule has 0 amide bonds. The van der Waals surface area contributed by atoms with Crippen LogP contribution in [0.25, 0.3) is 10.5 Å². The van der Waals surface area contributed by atoms with Crippen molar-refractivity contribution < 1.29 is 9.90 Å². The van der Waals surface area contributed by atoms with Crippen molar-refractivity contribution in [1.29, 1.82) is 0 Å². The number of aliphatic hydroxyl groups excluding tert-OH is 1. The van der Waals surface area contributed by atoms with Crippen molar-refractivity contribution in [2.45, 2.75) is 12.8 Å². The summed E-state index contributed by atoms with van der Waals surface area (Å²) >= 11 is 4.41. The zero-order valence-corrected chi connectivity index (χ0v) is 9.58. The molecule has 0 unspecified atom stereocenters. The normalized spacial score (nSPS) is 15.3. The van der Waals surface area contributed by atoms with Gasteiger partial charge in [0.1, 0.15) is 0 Å². The van der Waals surface area contributed by atoms with Gasteiger partial charge in [-0.3, -0.25) is 4.79 Å². The number of allylic oxidation sites excluding steroid dienone is 2. The second-order valence-corrected chi connectivity index (χ2v) is 4.18. The Morgan fingerprint density at radius 1 is 1.44 bits per heavy atom. The lowest BCUT2D eigenvalue weighted by Crippen LogP contribution is -1.98. The molecule has 0 heterocycles. The summed E-state index contributed by atoms with van der Waals surface area (Å²) < 4.78 is 0. The summed E-state index contributed by atoms with van der Waals surface area (Å²) in [4.78, 5) is 11.7. The summed E-state index contributed by atoms with van der Waals surface area (Å²) in [5.41, 5.74) is 3.29. The molecule has 1 aliphatic rings. The van der Waals surface area contributed by atoms with Crippen LogP contribution in [0.4, 0.5) is 0 Å². The summed E-state index contributed by atoms with van der Waals surface area (Å²) in [6.45, 7) is 0. The molecule has 2 nitrogen and oxygen atoms in total. The van der Waals surface area contributed by atoms with Gasteiger partial charge in [-0.15, -0.1) is 12.6 Å². The molecule has 0 atom stereocenters. The first-order valence-corrected chi connectivity index (χ1v) is 5.53. The van der Waals surface area contributed by atoms with Crippen molar-refractivity contribution in [3.05, 3.63) is 47.2 Å². The average molecular weight is 232 g/mol. The predicted octanol–water partition coefficient (Wildman–Crippen LogP) is 3.00. The van der Waals surface area contributed by atoms with Gasteiger partial charge in [0.05, 0.1) is 11.8 Å². The van der Waals surface area contributed by atoms with Gasteiger partial charge in [-0.1, -0.05) is 18.2 Å². The quantitative estimate of drug-likeness (QED) is 0.356. The number of hydrogen-bond acceptors (Lipinski definition) is 3. The lowest BCUT2D eigenvalue weighted by Gasteiger charge is -2.15. The number of fused-ring (bicyclic) bond motifs is 1. The first-order chi connectivity index (χ1) is 7.76. The summed E-state index contributed by atoms with van der Waals surface area (Å²) in [6, 6.07) is 5.73. The van der Waals surface area contributed by atoms with Crippen molar-refractivity contribution in [3.8, 4) is 0 Å². The maximum atomic E-state index is 10.7. The van der Waals surface area contributed by atoms with Gasteiger partial charge in [-0.2, -0.15) is 0 Å². The number of aldehydes is 1. The summed E-state index contributed by atoms with van der Waals surface area (Å²) in [5.74, 6) is 0. The smallest absolute Gasteiger partial charge is 0.153 e. The van der Waals surface area contributed by atoms with Crippen molar-refractivity contribution in [2.24, 2.45) is 0 Å². The lowest BCUT2D eigenvalue weighted by molar-refractivity contribution is -0.103. The van der Waals surface area contributed by atoms with Gasteiger partial charge in [-0.05, 0) is 35.6 Å². The van der Waals surface area contributed by atoms with E-state index in [-0.39, 0.29) is 5.57 Å². The standard InChI is InChI=1S/C13H12O2S/c14-7-11(8-15)10-5-4-9-2-1-3-13(16)12(9)6-10/h3-8,14,16H,1-2H2/b11-7-. The van der Waals surface area contributed by atoms with Gasteiger partial charge in [0.15, 0.2) is 6.29 Å². The van der Waals surface area contributed by atoms with E-state index in [2.05, 4.69) is 18.7 Å². The van der Waals surface area contributed by atoms with Crippen molar-refractivity contribution >= 4 is 29.4 Å². The third kappa shape index (κ3) is 1.91. The largest absolute Gasteiger partial charge is 0.515 e. The molecule has 0 saturated carbocycles. The number of hydrogen-bond donors (Lipinski definition) is 2. The fourth-order valence-corrected chi connectivity index (χ4v) is 2.20. The Hall–Kier alpha value is -1.48. The number of carbonyl (C=O) groups is 1. The molecule has 0 aliphatic heterocycles. The molecule has 3 heteroatoms. The minimum absolute atomic E-state index is 0.287. The highest BCUT2D eigenvalue weighted by atomic mass is 32.1. The number of benzene rings is 1. The number of carbonyl (C=O) groups excluding carboxylic acids is 1. The Bertz CT molecular complexity index is 487. The zero-order chi connectivity index (χ0) is 11.5. The van der Waals surface area contributed by atoms with Crippen LogP contribution >= 0.6 is 12.6 Å². The minimum atomic E-state index is 0.287. The van der Waals surface area contributed by atoms with E-state index < -0.39 is 0 Å². The van der Waals surface area contributed by atoms with Crippen LogP contribution in [0.1, 0.15) is 23.1 Å². The van der Waals surface area contributed by atoms with E-state index in [0.717, 1.165) is 35.1 Å². The monoisotopic (exact) mass is 232 g/mol. The minimum Gasteiger partial charge on any atom is -0.515 e. The lowest BCUT2D eigenvalue weighted by atomic mass is 9.93. The molecule has 82 valence electrons. The van der Waals surface area contributed by atoms with Crippen LogP contribution in [0, 0.1) is 0 Å². The SMILES string of the molecule is O=C/C(=C/O)c1ccc2c(c1)C(S)=CCC2. The molecule has 0 spiro atoms. The Balaban J connectivity index is 2.51. The summed E-state index contributed by atoms with van der Waals surface area (Å²) in [5, 5.41) is 8.92. The second-order valence-electron chi connectivity index (χ2n) is 3.70. The van der Waals surface area contributed by atoms with Gasteiger partial charge < -0.3 is 5.11 Å². The number of aryl methyl sites for hydroxylation is 1. The van der Waals surface area contributed by atoms with Crippen LogP contribution in [0.3, 0.4) is 0 Å². The van der Waals surface area contributed by atoms with E-state index in [1.165, 1.54) is 5.56 Å². The van der Waals surface area contributed by atoms with E-state index in [9.17, 15) is 4.79 Å². The summed E-state index contributed by atoms with van der Waals surface area (Å²) in [7, 11) is 0. The fraction of sp³-hybridized carbons (Fsp3) is 0.154. The van der Waals surface area contributed by atoms with Gasteiger partial charge in [-0.25, -0.2) is 0 Å². The first-order valence-electron chi connectivity index (χ1n) is 5.08. The van der Waals surface area contributed by atoms with Crippen molar-refractivity contribution in [3.63, 3.8) is 0 Å². The Morgan fingerprint density at radius 3 is 2.94 bits per heavy atom. The van der Waals surface area contributed by atoms with E-state index in [4.69, 9.17) is 5.11 Å². The van der Waals surface area contributed by atoms with Gasteiger partial charge in [0.25, 0.3) is 0 Å². The molecule has 16 heavy (non-hydrogen) atoms. The van der Waals surface area contributed by atoms with E-state index in [0.29, 0.717) is 6.29 Å². The zero-order valence-electron chi connectivity index (χ0n) is 8.68. The van der Waals surface area contributed by atoms with E-state index >= 15 is 0 Å². The third-order valence-corrected chi connectivity index (χ3v) is 3.16. The molecule has 0 fully saturated rings. The number of aliphatic hydroxyl groups is 1. The summed E-state index contributed by atoms with van der Waals surface area (Å²) in [6.07, 6.45) is 5.55. The third-order valence-electron chi connectivity index (χ3n) is 2.74. The molecule has 0 saturated heterocycles. The van der Waals surface area contributed by atoms with Crippen LogP contribution < -0.4 is 0 Å². The molecule has 1 aliphatic carbocycles. The first kappa shape index (κ1) is 11.0. The van der Waals surface area contributed by atoms with Crippen LogP contribution in [0.5, 0.6) is 0 Å². The number of rotatable bonds is 2. The highest BCUT2D eigenvalue weighted by Crippen LogP contribution is 2.30. The van der Waals surface area contributed by atoms with Gasteiger partial charge in [0.2, 0.25) is 0 Å². The highest BCUT2D eigenvalue weighted by Gasteiger charge is 2.11. The van der Waals surface area contributed by atoms with Crippen LogP contribution in [-0.2, 0) is 11.2 Å². The van der Waals surface area contributed by atoms with Crippen LogP contribution in [-0.4, -0.2) is 11.4 Å². The molecule has 1 N–H and O–H groups in total. The van der Waals surface area contributed by atoms with E-state index in [1.54, 1.807) is 0 Å². The van der Waals surface area contributed by atoms with E-state index in [1.807, 2.05) is 18.2 Å². The van der Waals surface area contributed by atoms with Crippen molar-refractivity contribution in [1.82, 2.24) is 0 Å². The van der Waals surface area contributed by atoms with Crippen molar-refractivity contribution in [2.75, 3.05) is 0 Å². The average Bonchev–Trinajstić information content (AvgIpc) is 2.32. The molecule has 1 aromatic carbocycles. The highest BCUT2D eigenvalue weighted by molar-refractivity contribution is 7.90. The van der Waals surface area contributed by atoms with Crippen LogP contribution in [0.15, 0.2) is 30.5 Å². The Kier molecular flexibility index (Phi) is 3.15. The molecule has 0 bridgehead atoms. The number of thiol groups is 1. The Labute approximate surface area is 99.7 Å². The molecular formula is C13H12O2S. The molecule has 1 aromatic rings. The maximum Gasteiger partial charge on any atom is 0.153 e. The topological polar surface area (TPSA) is 37.3 Å². The molecule has 2 rings (SSSR count). The molecular weight excluding hydrogens is 220 g/mol. The second kappa shape index (κ2) is 4.58. The fourth-order valence-electron chi connectivity index (χ4n) is 1.86. The maximum absolute atomic E-state index is 10.7. The molecule has 0 radical (unpaired) electrons. The predicted molar refractivity (Wildman–Crippen MR) is 68.4 cm³/mol. The van der Waals surface area contributed by atoms with Gasteiger partial charge >= 0.3 is 0 Å². The Morgan fingerprint density at radius 2 is 2.25 bits per heavy atom.